The van der Waals surface area contributed by atoms with Crippen molar-refractivity contribution in [2.75, 3.05) is 0 Å². The molecule has 1 aromatic rings. The lowest BCUT2D eigenvalue weighted by Gasteiger charge is -1.94. The molecular weight excluding hydrogens is 166 g/mol. The van der Waals surface area contributed by atoms with Crippen LogP contribution in [0.25, 0.3) is 0 Å². The summed E-state index contributed by atoms with van der Waals surface area (Å²) in [5.74, 6) is 0. The van der Waals surface area contributed by atoms with E-state index < -0.39 is 0 Å². The number of aromatic nitrogens is 2. The Labute approximate surface area is 68.5 Å². The number of aryl methyl sites for hydroxylation is 1. The Kier molecular flexibility index (Phi) is 2.38. The van der Waals surface area contributed by atoms with Gasteiger partial charge in [-0.1, -0.05) is 5.16 Å². The first-order chi connectivity index (χ1) is 5.22. The zero-order chi connectivity index (χ0) is 8.27. The van der Waals surface area contributed by atoms with Crippen molar-refractivity contribution < 1.29 is 5.21 Å². The van der Waals surface area contributed by atoms with Gasteiger partial charge in [0.25, 0.3) is 0 Å². The zero-order valence-corrected chi connectivity index (χ0v) is 6.58. The summed E-state index contributed by atoms with van der Waals surface area (Å²) in [4.78, 5) is 7.60. The van der Waals surface area contributed by atoms with E-state index in [0.29, 0.717) is 5.69 Å². The fourth-order valence-corrected chi connectivity index (χ4v) is 0.912. The first-order valence-electron chi connectivity index (χ1n) is 2.91. The van der Waals surface area contributed by atoms with E-state index in [2.05, 4.69) is 15.1 Å². The van der Waals surface area contributed by atoms with E-state index in [1.807, 2.05) is 0 Å². The number of hydrogen-bond donors (Lipinski definition) is 1. The molecular formula is C6H6ClN3O. The SMILES string of the molecule is Cc1cc(C=NO)nc(Cl)n1. The molecule has 1 aromatic heterocycles. The summed E-state index contributed by atoms with van der Waals surface area (Å²) in [5.41, 5.74) is 1.23. The van der Waals surface area contributed by atoms with Crippen molar-refractivity contribution in [1.82, 2.24) is 9.97 Å². The quantitative estimate of drug-likeness (QED) is 0.299. The van der Waals surface area contributed by atoms with Gasteiger partial charge in [0.2, 0.25) is 5.28 Å². The van der Waals surface area contributed by atoms with Gasteiger partial charge in [0, 0.05) is 5.69 Å². The number of nitrogens with zero attached hydrogens (tertiary/aromatic N) is 3. The van der Waals surface area contributed by atoms with Gasteiger partial charge in [-0.25, -0.2) is 9.97 Å². The predicted octanol–water partition coefficient (Wildman–Crippen LogP) is 1.25. The van der Waals surface area contributed by atoms with Crippen molar-refractivity contribution in [2.24, 2.45) is 5.16 Å². The third kappa shape index (κ3) is 2.16. The predicted molar refractivity (Wildman–Crippen MR) is 41.2 cm³/mol. The van der Waals surface area contributed by atoms with Gasteiger partial charge < -0.3 is 5.21 Å². The maximum atomic E-state index is 8.17. The second kappa shape index (κ2) is 3.30. The smallest absolute Gasteiger partial charge is 0.223 e. The van der Waals surface area contributed by atoms with E-state index in [1.54, 1.807) is 13.0 Å². The van der Waals surface area contributed by atoms with Crippen molar-refractivity contribution in [3.05, 3.63) is 22.7 Å². The summed E-state index contributed by atoms with van der Waals surface area (Å²) in [6.07, 6.45) is 1.20. The van der Waals surface area contributed by atoms with E-state index in [-0.39, 0.29) is 5.28 Å². The van der Waals surface area contributed by atoms with Crippen molar-refractivity contribution in [3.63, 3.8) is 0 Å². The van der Waals surface area contributed by atoms with Gasteiger partial charge in [0.05, 0.1) is 11.9 Å². The van der Waals surface area contributed by atoms with E-state index in [0.717, 1.165) is 5.69 Å². The van der Waals surface area contributed by atoms with E-state index in [1.165, 1.54) is 6.21 Å². The van der Waals surface area contributed by atoms with Crippen LogP contribution >= 0.6 is 11.6 Å². The topological polar surface area (TPSA) is 58.4 Å². The molecule has 0 saturated heterocycles. The Hall–Kier alpha value is -1.16. The minimum Gasteiger partial charge on any atom is -0.411 e. The molecule has 0 aromatic carbocycles. The lowest BCUT2D eigenvalue weighted by atomic mass is 10.3. The van der Waals surface area contributed by atoms with Crippen LogP contribution in [0.4, 0.5) is 0 Å². The van der Waals surface area contributed by atoms with Gasteiger partial charge in [-0.2, -0.15) is 0 Å². The fourth-order valence-electron chi connectivity index (χ4n) is 0.681. The fraction of sp³-hybridized carbons (Fsp3) is 0.167. The van der Waals surface area contributed by atoms with Crippen molar-refractivity contribution in [2.45, 2.75) is 6.92 Å². The summed E-state index contributed by atoms with van der Waals surface area (Å²) >= 11 is 5.52. The minimum atomic E-state index is 0.153. The summed E-state index contributed by atoms with van der Waals surface area (Å²) in [6.45, 7) is 1.78. The molecule has 1 rings (SSSR count). The minimum absolute atomic E-state index is 0.153. The Morgan fingerprint density at radius 2 is 2.36 bits per heavy atom. The first kappa shape index (κ1) is 7.94. The molecule has 0 bridgehead atoms. The highest BCUT2D eigenvalue weighted by molar-refractivity contribution is 6.28. The number of hydrogen-bond acceptors (Lipinski definition) is 4. The summed E-state index contributed by atoms with van der Waals surface area (Å²) in [5, 5.41) is 11.1. The molecule has 5 heteroatoms. The molecule has 0 fully saturated rings. The average molecular weight is 172 g/mol. The van der Waals surface area contributed by atoms with Crippen LogP contribution in [-0.4, -0.2) is 21.4 Å². The molecule has 0 saturated carbocycles. The first-order valence-corrected chi connectivity index (χ1v) is 3.29. The Morgan fingerprint density at radius 3 is 2.91 bits per heavy atom. The van der Waals surface area contributed by atoms with Crippen LogP contribution in [0.3, 0.4) is 0 Å². The highest BCUT2D eigenvalue weighted by atomic mass is 35.5. The zero-order valence-electron chi connectivity index (χ0n) is 5.82. The molecule has 0 aliphatic rings. The van der Waals surface area contributed by atoms with Crippen LogP contribution in [0.2, 0.25) is 5.28 Å². The largest absolute Gasteiger partial charge is 0.411 e. The van der Waals surface area contributed by atoms with Crippen molar-refractivity contribution >= 4 is 17.8 Å². The molecule has 4 nitrogen and oxygen atoms in total. The molecule has 0 amide bonds. The highest BCUT2D eigenvalue weighted by Crippen LogP contribution is 2.02. The van der Waals surface area contributed by atoms with Gasteiger partial charge in [-0.3, -0.25) is 0 Å². The molecule has 1 N–H and O–H groups in total. The maximum Gasteiger partial charge on any atom is 0.223 e. The number of oxime groups is 1. The van der Waals surface area contributed by atoms with Gasteiger partial charge in [0.1, 0.15) is 0 Å². The molecule has 0 unspecified atom stereocenters. The standard InChI is InChI=1S/C6H6ClN3O/c1-4-2-5(3-8-11)10-6(7)9-4/h2-3,11H,1H3. The average Bonchev–Trinajstić information content (AvgIpc) is 1.85. The maximum absolute atomic E-state index is 8.17. The monoisotopic (exact) mass is 171 g/mol. The lowest BCUT2D eigenvalue weighted by Crippen LogP contribution is -1.93. The Bertz CT molecular complexity index is 267. The number of rotatable bonds is 1. The molecule has 11 heavy (non-hydrogen) atoms. The second-order valence-electron chi connectivity index (χ2n) is 1.95. The van der Waals surface area contributed by atoms with Gasteiger partial charge in [-0.15, -0.1) is 0 Å². The highest BCUT2D eigenvalue weighted by Gasteiger charge is 1.96. The van der Waals surface area contributed by atoms with E-state index >= 15 is 0 Å². The van der Waals surface area contributed by atoms with Crippen LogP contribution in [0.5, 0.6) is 0 Å². The van der Waals surface area contributed by atoms with Crippen LogP contribution in [0.15, 0.2) is 11.2 Å². The summed E-state index contributed by atoms with van der Waals surface area (Å²) in [7, 11) is 0. The van der Waals surface area contributed by atoms with E-state index in [4.69, 9.17) is 16.8 Å². The van der Waals surface area contributed by atoms with E-state index in [9.17, 15) is 0 Å². The molecule has 0 aliphatic heterocycles. The normalized spacial score (nSPS) is 10.7. The third-order valence-corrected chi connectivity index (χ3v) is 1.21. The van der Waals surface area contributed by atoms with Crippen LogP contribution in [0, 0.1) is 6.92 Å². The Morgan fingerprint density at radius 1 is 1.64 bits per heavy atom. The number of halogens is 1. The van der Waals surface area contributed by atoms with Crippen LogP contribution in [0.1, 0.15) is 11.4 Å². The molecule has 0 radical (unpaired) electrons. The van der Waals surface area contributed by atoms with Gasteiger partial charge in [0.15, 0.2) is 0 Å². The Balaban J connectivity index is 3.08. The molecule has 0 aliphatic carbocycles. The van der Waals surface area contributed by atoms with Crippen molar-refractivity contribution in [3.8, 4) is 0 Å². The summed E-state index contributed by atoms with van der Waals surface area (Å²) in [6, 6.07) is 1.66. The summed E-state index contributed by atoms with van der Waals surface area (Å²) < 4.78 is 0. The van der Waals surface area contributed by atoms with Crippen LogP contribution < -0.4 is 0 Å². The molecule has 58 valence electrons. The molecule has 0 atom stereocenters. The molecule has 0 spiro atoms. The lowest BCUT2D eigenvalue weighted by molar-refractivity contribution is 0.321. The molecule has 1 heterocycles. The third-order valence-electron chi connectivity index (χ3n) is 1.04. The van der Waals surface area contributed by atoms with Crippen molar-refractivity contribution in [1.29, 1.82) is 0 Å². The van der Waals surface area contributed by atoms with Gasteiger partial charge in [-0.05, 0) is 24.6 Å². The van der Waals surface area contributed by atoms with Gasteiger partial charge >= 0.3 is 0 Å². The van der Waals surface area contributed by atoms with Crippen LogP contribution in [-0.2, 0) is 0 Å². The second-order valence-corrected chi connectivity index (χ2v) is 2.29.